The van der Waals surface area contributed by atoms with Crippen molar-refractivity contribution in [3.05, 3.63) is 11.6 Å². The lowest BCUT2D eigenvalue weighted by Crippen LogP contribution is -2.58. The summed E-state index contributed by atoms with van der Waals surface area (Å²) < 4.78 is 5.39. The molecule has 0 aromatic heterocycles. The number of nitrogens with one attached hydrogen (secondary N) is 2. The van der Waals surface area contributed by atoms with Crippen molar-refractivity contribution in [1.29, 1.82) is 0 Å². The molecule has 2 fully saturated rings. The first-order valence-electron chi connectivity index (χ1n) is 15.0. The van der Waals surface area contributed by atoms with Crippen molar-refractivity contribution in [2.45, 2.75) is 98.3 Å². The van der Waals surface area contributed by atoms with Crippen molar-refractivity contribution in [2.24, 2.45) is 11.8 Å². The lowest BCUT2D eigenvalue weighted by Gasteiger charge is -2.39. The topological polar surface area (TPSA) is 94.2 Å². The van der Waals surface area contributed by atoms with Crippen molar-refractivity contribution < 1.29 is 19.1 Å². The van der Waals surface area contributed by atoms with Gasteiger partial charge in [-0.1, -0.05) is 40.2 Å². The van der Waals surface area contributed by atoms with Crippen molar-refractivity contribution in [2.75, 3.05) is 53.0 Å². The molecule has 2 N–H and O–H groups in total. The number of carbonyl (C=O) groups excluding carboxylic acids is 3. The highest BCUT2D eigenvalue weighted by atomic mass is 16.5. The molecule has 2 aliphatic heterocycles. The molecule has 2 saturated heterocycles. The van der Waals surface area contributed by atoms with E-state index in [1.165, 1.54) is 0 Å². The van der Waals surface area contributed by atoms with Crippen LogP contribution in [0.5, 0.6) is 0 Å². The normalized spacial score (nSPS) is 21.2. The first-order chi connectivity index (χ1) is 18.4. The molecule has 2 heterocycles. The fourth-order valence-corrected chi connectivity index (χ4v) is 5.53. The highest BCUT2D eigenvalue weighted by Gasteiger charge is 2.36. The summed E-state index contributed by atoms with van der Waals surface area (Å²) in [6.45, 7) is 19.9. The van der Waals surface area contributed by atoms with Crippen LogP contribution in [0.1, 0.15) is 74.1 Å². The zero-order valence-electron chi connectivity index (χ0n) is 25.8. The molecule has 1 unspecified atom stereocenters. The van der Waals surface area contributed by atoms with Gasteiger partial charge in [-0.15, -0.1) is 0 Å². The lowest BCUT2D eigenvalue weighted by molar-refractivity contribution is -0.140. The van der Waals surface area contributed by atoms with Crippen LogP contribution in [0.15, 0.2) is 11.6 Å². The summed E-state index contributed by atoms with van der Waals surface area (Å²) in [6, 6.07) is -0.812. The van der Waals surface area contributed by atoms with E-state index >= 15 is 0 Å². The monoisotopic (exact) mass is 549 g/mol. The molecule has 0 bridgehead atoms. The van der Waals surface area contributed by atoms with Gasteiger partial charge >= 0.3 is 0 Å². The van der Waals surface area contributed by atoms with Gasteiger partial charge in [0.05, 0.1) is 25.3 Å². The van der Waals surface area contributed by atoms with Gasteiger partial charge in [0, 0.05) is 38.3 Å². The minimum atomic E-state index is -0.623. The first kappa shape index (κ1) is 33.2. The van der Waals surface area contributed by atoms with Crippen molar-refractivity contribution >= 4 is 17.7 Å². The summed E-state index contributed by atoms with van der Waals surface area (Å²) in [5.74, 6) is -0.260. The van der Waals surface area contributed by atoms with Gasteiger partial charge in [0.1, 0.15) is 6.04 Å². The number of hydrogen-bond donors (Lipinski definition) is 2. The average Bonchev–Trinajstić information content (AvgIpc) is 2.91. The van der Waals surface area contributed by atoms with Gasteiger partial charge in [-0.05, 0) is 65.0 Å². The Labute approximate surface area is 237 Å². The zero-order chi connectivity index (χ0) is 29.1. The maximum Gasteiger partial charge on any atom is 0.246 e. The van der Waals surface area contributed by atoms with E-state index in [9.17, 15) is 14.4 Å². The molecule has 0 radical (unpaired) electrons. The molecule has 0 spiro atoms. The Morgan fingerprint density at radius 1 is 1.00 bits per heavy atom. The summed E-state index contributed by atoms with van der Waals surface area (Å²) in [4.78, 5) is 46.2. The van der Waals surface area contributed by atoms with Gasteiger partial charge in [0.15, 0.2) is 0 Å². The second-order valence-electron chi connectivity index (χ2n) is 12.2. The predicted octanol–water partition coefficient (Wildman–Crippen LogP) is 2.66. The van der Waals surface area contributed by atoms with Gasteiger partial charge in [0.2, 0.25) is 17.7 Å². The second kappa shape index (κ2) is 16.3. The third-order valence-electron chi connectivity index (χ3n) is 8.04. The quantitative estimate of drug-likeness (QED) is 0.271. The number of hydrogen-bond acceptors (Lipinski definition) is 6. The molecule has 0 aliphatic carbocycles. The maximum atomic E-state index is 13.7. The molecule has 0 aromatic carbocycles. The number of piperidine rings is 1. The van der Waals surface area contributed by atoms with Crippen LogP contribution in [0.4, 0.5) is 0 Å². The van der Waals surface area contributed by atoms with Crippen molar-refractivity contribution in [3.8, 4) is 0 Å². The van der Waals surface area contributed by atoms with Crippen LogP contribution in [0, 0.1) is 11.8 Å². The lowest BCUT2D eigenvalue weighted by atomic mass is 9.95. The van der Waals surface area contributed by atoms with E-state index in [2.05, 4.69) is 34.3 Å². The largest absolute Gasteiger partial charge is 0.379 e. The molecular weight excluding hydrogens is 494 g/mol. The van der Waals surface area contributed by atoms with Crippen LogP contribution in [0.25, 0.3) is 0 Å². The molecule has 9 nitrogen and oxygen atoms in total. The van der Waals surface area contributed by atoms with E-state index in [1.807, 2.05) is 33.8 Å². The van der Waals surface area contributed by atoms with Gasteiger partial charge in [-0.3, -0.25) is 24.2 Å². The third-order valence-corrected chi connectivity index (χ3v) is 8.04. The SMILES string of the molecule is CC(=C[C@H](C(C)C)N(C)C(=O)[C@@H](NC(=O)C1CCCCN1C(C)C)C(C)C)C(=O)NCCCN1CCOCC1. The minimum Gasteiger partial charge on any atom is -0.379 e. The number of nitrogens with zero attached hydrogens (tertiary/aromatic N) is 3. The Balaban J connectivity index is 2.01. The Morgan fingerprint density at radius 3 is 2.26 bits per heavy atom. The molecular formula is C30H55N5O4. The number of morpholine rings is 1. The van der Waals surface area contributed by atoms with Crippen LogP contribution < -0.4 is 10.6 Å². The van der Waals surface area contributed by atoms with Gasteiger partial charge in [-0.25, -0.2) is 0 Å². The second-order valence-corrected chi connectivity index (χ2v) is 12.2. The Hall–Kier alpha value is -1.97. The molecule has 2 rings (SSSR count). The summed E-state index contributed by atoms with van der Waals surface area (Å²) >= 11 is 0. The fraction of sp³-hybridized carbons (Fsp3) is 0.833. The molecule has 224 valence electrons. The summed E-state index contributed by atoms with van der Waals surface area (Å²) in [5, 5.41) is 6.12. The van der Waals surface area contributed by atoms with Gasteiger partial charge < -0.3 is 20.3 Å². The van der Waals surface area contributed by atoms with Crippen molar-refractivity contribution in [3.63, 3.8) is 0 Å². The van der Waals surface area contributed by atoms with Crippen LogP contribution in [0.2, 0.25) is 0 Å². The molecule has 3 atom stereocenters. The smallest absolute Gasteiger partial charge is 0.246 e. The van der Waals surface area contributed by atoms with E-state index in [1.54, 1.807) is 18.9 Å². The van der Waals surface area contributed by atoms with Crippen LogP contribution >= 0.6 is 0 Å². The summed E-state index contributed by atoms with van der Waals surface area (Å²) in [7, 11) is 1.78. The first-order valence-corrected chi connectivity index (χ1v) is 15.0. The van der Waals surface area contributed by atoms with Crippen LogP contribution in [0.3, 0.4) is 0 Å². The molecule has 2 aliphatic rings. The molecule has 0 saturated carbocycles. The van der Waals surface area contributed by atoms with E-state index in [0.29, 0.717) is 12.1 Å². The van der Waals surface area contributed by atoms with E-state index in [4.69, 9.17) is 4.74 Å². The number of likely N-dealkylation sites (tertiary alicyclic amines) is 1. The number of amides is 3. The number of rotatable bonds is 13. The number of carbonyl (C=O) groups is 3. The van der Waals surface area contributed by atoms with Gasteiger partial charge in [0.25, 0.3) is 0 Å². The molecule has 9 heteroatoms. The van der Waals surface area contributed by atoms with E-state index in [0.717, 1.165) is 65.1 Å². The Bertz CT molecular complexity index is 822. The highest BCUT2D eigenvalue weighted by molar-refractivity contribution is 5.93. The molecule has 3 amide bonds. The average molecular weight is 550 g/mol. The van der Waals surface area contributed by atoms with E-state index < -0.39 is 6.04 Å². The number of ether oxygens (including phenoxy) is 1. The van der Waals surface area contributed by atoms with Crippen molar-refractivity contribution in [1.82, 2.24) is 25.3 Å². The Morgan fingerprint density at radius 2 is 1.67 bits per heavy atom. The highest BCUT2D eigenvalue weighted by Crippen LogP contribution is 2.21. The van der Waals surface area contributed by atoms with Gasteiger partial charge in [-0.2, -0.15) is 0 Å². The third kappa shape index (κ3) is 10.2. The zero-order valence-corrected chi connectivity index (χ0v) is 25.8. The van der Waals surface area contributed by atoms with E-state index in [-0.39, 0.29) is 47.7 Å². The Kier molecular flexibility index (Phi) is 13.9. The fourth-order valence-electron chi connectivity index (χ4n) is 5.53. The number of likely N-dealkylation sites (N-methyl/N-ethyl adjacent to an activating group) is 1. The summed E-state index contributed by atoms with van der Waals surface area (Å²) in [5.41, 5.74) is 0.597. The standard InChI is InChI=1S/C30H55N5O4/c1-21(2)26(20-24(7)28(36)31-13-11-14-34-16-18-39-19-17-34)33(8)30(38)27(22(3)4)32-29(37)25-12-9-10-15-35(25)23(5)6/h20-23,25-27H,9-19H2,1-8H3,(H,31,36)(H,32,37)/t25?,26-,27+/m1/s1. The molecule has 0 aromatic rings. The molecule has 39 heavy (non-hydrogen) atoms. The summed E-state index contributed by atoms with van der Waals surface area (Å²) in [6.07, 6.45) is 5.71. The minimum absolute atomic E-state index is 0.0619. The van der Waals surface area contributed by atoms with Crippen LogP contribution in [-0.4, -0.2) is 110 Å². The van der Waals surface area contributed by atoms with Crippen LogP contribution in [-0.2, 0) is 19.1 Å². The maximum absolute atomic E-state index is 13.7. The predicted molar refractivity (Wildman–Crippen MR) is 156 cm³/mol.